The Morgan fingerprint density at radius 3 is 2.79 bits per heavy atom. The first kappa shape index (κ1) is 17.2. The number of nitrogens with zero attached hydrogens (tertiary/aromatic N) is 3. The SMILES string of the molecule is CN1CCN(CCCOc2ccc3c(c2)C=NNC(C)(C)C3)CC1. The minimum absolute atomic E-state index is 0.00731. The molecule has 0 bridgehead atoms. The Hall–Kier alpha value is -1.59. The van der Waals surface area contributed by atoms with E-state index in [9.17, 15) is 0 Å². The maximum Gasteiger partial charge on any atom is 0.119 e. The number of fused-ring (bicyclic) bond motifs is 1. The maximum atomic E-state index is 5.96. The van der Waals surface area contributed by atoms with E-state index in [1.807, 2.05) is 6.21 Å². The number of piperazine rings is 1. The Balaban J connectivity index is 1.47. The quantitative estimate of drug-likeness (QED) is 0.838. The summed E-state index contributed by atoms with van der Waals surface area (Å²) in [4.78, 5) is 4.92. The number of rotatable bonds is 5. The molecule has 2 aliphatic rings. The topological polar surface area (TPSA) is 40.1 Å². The molecule has 2 heterocycles. The van der Waals surface area contributed by atoms with Gasteiger partial charge >= 0.3 is 0 Å². The van der Waals surface area contributed by atoms with Crippen molar-refractivity contribution in [2.24, 2.45) is 5.10 Å². The first-order valence-electron chi connectivity index (χ1n) is 8.99. The number of benzene rings is 1. The second-order valence-corrected chi connectivity index (χ2v) is 7.64. The Kier molecular flexibility index (Phi) is 5.41. The van der Waals surface area contributed by atoms with Gasteiger partial charge in [-0.3, -0.25) is 0 Å². The molecule has 1 fully saturated rings. The van der Waals surface area contributed by atoms with Gasteiger partial charge in [0.1, 0.15) is 5.75 Å². The van der Waals surface area contributed by atoms with Crippen LogP contribution >= 0.6 is 0 Å². The molecular weight excluding hydrogens is 300 g/mol. The maximum absolute atomic E-state index is 5.96. The highest BCUT2D eigenvalue weighted by Gasteiger charge is 2.21. The number of hydrogen-bond donors (Lipinski definition) is 1. The smallest absolute Gasteiger partial charge is 0.119 e. The monoisotopic (exact) mass is 330 g/mol. The summed E-state index contributed by atoms with van der Waals surface area (Å²) in [7, 11) is 2.19. The highest BCUT2D eigenvalue weighted by atomic mass is 16.5. The summed E-state index contributed by atoms with van der Waals surface area (Å²) in [6, 6.07) is 6.37. The molecule has 0 unspecified atom stereocenters. The van der Waals surface area contributed by atoms with Crippen molar-refractivity contribution in [1.29, 1.82) is 0 Å². The van der Waals surface area contributed by atoms with Crippen LogP contribution in [0, 0.1) is 0 Å². The van der Waals surface area contributed by atoms with E-state index in [-0.39, 0.29) is 5.54 Å². The van der Waals surface area contributed by atoms with Crippen molar-refractivity contribution in [2.75, 3.05) is 46.4 Å². The summed E-state index contributed by atoms with van der Waals surface area (Å²) < 4.78 is 5.96. The van der Waals surface area contributed by atoms with E-state index in [1.54, 1.807) is 0 Å². The highest BCUT2D eigenvalue weighted by Crippen LogP contribution is 2.23. The van der Waals surface area contributed by atoms with E-state index < -0.39 is 0 Å². The Morgan fingerprint density at radius 2 is 2.00 bits per heavy atom. The van der Waals surface area contributed by atoms with E-state index in [0.29, 0.717) is 0 Å². The Bertz CT molecular complexity index is 577. The Labute approximate surface area is 145 Å². The second-order valence-electron chi connectivity index (χ2n) is 7.64. The third-order valence-electron chi connectivity index (χ3n) is 4.80. The predicted octanol–water partition coefficient (Wildman–Crippen LogP) is 1.96. The molecule has 1 aromatic carbocycles. The fourth-order valence-corrected chi connectivity index (χ4v) is 3.29. The third kappa shape index (κ3) is 4.71. The molecule has 1 saturated heterocycles. The van der Waals surface area contributed by atoms with Crippen molar-refractivity contribution in [1.82, 2.24) is 15.2 Å². The van der Waals surface area contributed by atoms with Crippen LogP contribution in [0.4, 0.5) is 0 Å². The summed E-state index contributed by atoms with van der Waals surface area (Å²) in [6.45, 7) is 10.9. The van der Waals surface area contributed by atoms with Gasteiger partial charge in [-0.25, -0.2) is 0 Å². The molecule has 5 nitrogen and oxygen atoms in total. The van der Waals surface area contributed by atoms with Crippen LogP contribution < -0.4 is 10.2 Å². The fourth-order valence-electron chi connectivity index (χ4n) is 3.29. The third-order valence-corrected chi connectivity index (χ3v) is 4.80. The van der Waals surface area contributed by atoms with Crippen LogP contribution in [0.3, 0.4) is 0 Å². The normalized spacial score (nSPS) is 21.0. The van der Waals surface area contributed by atoms with E-state index in [0.717, 1.165) is 37.3 Å². The second kappa shape index (κ2) is 7.53. The zero-order valence-electron chi connectivity index (χ0n) is 15.2. The predicted molar refractivity (Wildman–Crippen MR) is 99.0 cm³/mol. The molecule has 0 spiro atoms. The lowest BCUT2D eigenvalue weighted by Crippen LogP contribution is -2.44. The van der Waals surface area contributed by atoms with Crippen LogP contribution in [0.1, 0.15) is 31.4 Å². The van der Waals surface area contributed by atoms with Crippen molar-refractivity contribution in [2.45, 2.75) is 32.2 Å². The molecule has 2 aliphatic heterocycles. The van der Waals surface area contributed by atoms with Crippen LogP contribution in [-0.2, 0) is 6.42 Å². The van der Waals surface area contributed by atoms with Gasteiger partial charge < -0.3 is 20.0 Å². The first-order valence-corrected chi connectivity index (χ1v) is 8.99. The van der Waals surface area contributed by atoms with Gasteiger partial charge in [-0.1, -0.05) is 6.07 Å². The molecule has 1 aromatic rings. The van der Waals surface area contributed by atoms with Crippen molar-refractivity contribution < 1.29 is 4.74 Å². The molecule has 1 N–H and O–H groups in total. The van der Waals surface area contributed by atoms with Gasteiger partial charge in [-0.2, -0.15) is 5.10 Å². The van der Waals surface area contributed by atoms with Crippen molar-refractivity contribution in [3.05, 3.63) is 29.3 Å². The van der Waals surface area contributed by atoms with Crippen LogP contribution in [0.5, 0.6) is 5.75 Å². The average molecular weight is 330 g/mol. The van der Waals surface area contributed by atoms with Crippen LogP contribution in [0.2, 0.25) is 0 Å². The summed E-state index contributed by atoms with van der Waals surface area (Å²) in [5.41, 5.74) is 5.67. The number of likely N-dealkylation sites (N-methyl/N-ethyl adjacent to an activating group) is 1. The molecule has 0 radical (unpaired) electrons. The van der Waals surface area contributed by atoms with Crippen molar-refractivity contribution in [3.8, 4) is 5.75 Å². The lowest BCUT2D eigenvalue weighted by Gasteiger charge is -2.32. The molecule has 0 atom stereocenters. The highest BCUT2D eigenvalue weighted by molar-refractivity contribution is 5.82. The number of ether oxygens (including phenoxy) is 1. The van der Waals surface area contributed by atoms with E-state index in [4.69, 9.17) is 4.74 Å². The summed E-state index contributed by atoms with van der Waals surface area (Å²) >= 11 is 0. The van der Waals surface area contributed by atoms with Gasteiger partial charge in [0.15, 0.2) is 0 Å². The van der Waals surface area contributed by atoms with Crippen molar-refractivity contribution >= 4 is 6.21 Å². The lowest BCUT2D eigenvalue weighted by molar-refractivity contribution is 0.145. The molecule has 5 heteroatoms. The van der Waals surface area contributed by atoms with Gasteiger partial charge in [0, 0.05) is 38.3 Å². The van der Waals surface area contributed by atoms with Gasteiger partial charge in [-0.05, 0) is 51.4 Å². The van der Waals surface area contributed by atoms with Crippen molar-refractivity contribution in [3.63, 3.8) is 0 Å². The molecule has 0 aromatic heterocycles. The number of hydrazone groups is 1. The summed E-state index contributed by atoms with van der Waals surface area (Å²) in [5.74, 6) is 0.943. The molecule has 3 rings (SSSR count). The van der Waals surface area contributed by atoms with E-state index >= 15 is 0 Å². The number of hydrogen-bond acceptors (Lipinski definition) is 5. The zero-order chi connectivity index (χ0) is 17.0. The molecular formula is C19H30N4O. The number of nitrogens with one attached hydrogen (secondary N) is 1. The first-order chi connectivity index (χ1) is 11.5. The van der Waals surface area contributed by atoms with Crippen LogP contribution in [0.25, 0.3) is 0 Å². The molecule has 0 aliphatic carbocycles. The largest absolute Gasteiger partial charge is 0.494 e. The fraction of sp³-hybridized carbons (Fsp3) is 0.632. The van der Waals surface area contributed by atoms with E-state index in [1.165, 1.54) is 31.7 Å². The molecule has 24 heavy (non-hydrogen) atoms. The van der Waals surface area contributed by atoms with Gasteiger partial charge in [0.2, 0.25) is 0 Å². The van der Waals surface area contributed by atoms with Crippen LogP contribution in [-0.4, -0.2) is 67.9 Å². The van der Waals surface area contributed by atoms with E-state index in [2.05, 4.69) is 59.4 Å². The molecule has 0 amide bonds. The Morgan fingerprint density at radius 1 is 1.21 bits per heavy atom. The lowest BCUT2D eigenvalue weighted by atomic mass is 9.93. The van der Waals surface area contributed by atoms with Gasteiger partial charge in [0.05, 0.1) is 18.4 Å². The van der Waals surface area contributed by atoms with Gasteiger partial charge in [-0.15, -0.1) is 0 Å². The minimum atomic E-state index is -0.00731. The molecule has 0 saturated carbocycles. The summed E-state index contributed by atoms with van der Waals surface area (Å²) in [5, 5.41) is 4.33. The van der Waals surface area contributed by atoms with Gasteiger partial charge in [0.25, 0.3) is 0 Å². The standard InChI is InChI=1S/C19H30N4O/c1-19(2)14-16-5-6-18(13-17(16)15-20-21-19)24-12-4-7-23-10-8-22(3)9-11-23/h5-6,13,15,21H,4,7-12,14H2,1-3H3. The zero-order valence-corrected chi connectivity index (χ0v) is 15.2. The van der Waals surface area contributed by atoms with Crippen LogP contribution in [0.15, 0.2) is 23.3 Å². The average Bonchev–Trinajstić information content (AvgIpc) is 2.70. The minimum Gasteiger partial charge on any atom is -0.494 e. The summed E-state index contributed by atoms with van der Waals surface area (Å²) in [6.07, 6.45) is 3.94. The molecule has 132 valence electrons.